The molecule has 2 aromatic heterocycles. The third-order valence-electron chi connectivity index (χ3n) is 6.69. The molecule has 7 aromatic rings. The first-order valence-corrected chi connectivity index (χ1v) is 13.4. The Kier molecular flexibility index (Phi) is 5.08. The zero-order chi connectivity index (χ0) is 24.2. The van der Waals surface area contributed by atoms with E-state index < -0.39 is 7.12 Å². The highest BCUT2D eigenvalue weighted by Crippen LogP contribution is 2.42. The van der Waals surface area contributed by atoms with Crippen molar-refractivity contribution in [2.75, 3.05) is 4.90 Å². The third-order valence-corrected chi connectivity index (χ3v) is 8.97. The average Bonchev–Trinajstić information content (AvgIpc) is 3.47. The zero-order valence-electron chi connectivity index (χ0n) is 19.1. The summed E-state index contributed by atoms with van der Waals surface area (Å²) in [6.07, 6.45) is 0. The molecule has 2 N–H and O–H groups in total. The van der Waals surface area contributed by atoms with E-state index in [9.17, 15) is 10.0 Å². The largest absolute Gasteiger partial charge is 0.488 e. The molecule has 3 nitrogen and oxygen atoms in total. The van der Waals surface area contributed by atoms with Crippen molar-refractivity contribution in [3.8, 4) is 0 Å². The minimum absolute atomic E-state index is 0.470. The van der Waals surface area contributed by atoms with Gasteiger partial charge in [0.1, 0.15) is 0 Å². The maximum atomic E-state index is 9.61. The SMILES string of the molecule is OB(O)c1ccc(N(c2ccc3c(c2)sc2ccccc23)c2ccc3sc4ccccc4c3c2)cc1. The summed E-state index contributed by atoms with van der Waals surface area (Å²) in [5.74, 6) is 0. The molecule has 2 heterocycles. The minimum atomic E-state index is -1.49. The second kappa shape index (κ2) is 8.47. The molecule has 0 atom stereocenters. The van der Waals surface area contributed by atoms with Gasteiger partial charge in [0.25, 0.3) is 0 Å². The highest BCUT2D eigenvalue weighted by Gasteiger charge is 2.18. The van der Waals surface area contributed by atoms with Crippen molar-refractivity contribution in [3.63, 3.8) is 0 Å². The lowest BCUT2D eigenvalue weighted by molar-refractivity contribution is 0.426. The fourth-order valence-electron chi connectivity index (χ4n) is 4.95. The Balaban J connectivity index is 1.44. The first kappa shape index (κ1) is 21.6. The molecule has 0 amide bonds. The summed E-state index contributed by atoms with van der Waals surface area (Å²) in [4.78, 5) is 2.24. The smallest absolute Gasteiger partial charge is 0.423 e. The summed E-state index contributed by atoms with van der Waals surface area (Å²) in [5, 5.41) is 24.3. The van der Waals surface area contributed by atoms with Gasteiger partial charge < -0.3 is 14.9 Å². The Morgan fingerprint density at radius 1 is 0.472 bits per heavy atom. The molecule has 0 radical (unpaired) electrons. The van der Waals surface area contributed by atoms with Crippen LogP contribution in [0.15, 0.2) is 109 Å². The summed E-state index contributed by atoms with van der Waals surface area (Å²) in [7, 11) is -1.49. The van der Waals surface area contributed by atoms with Crippen molar-refractivity contribution in [1.82, 2.24) is 0 Å². The van der Waals surface area contributed by atoms with Crippen LogP contribution in [0.1, 0.15) is 0 Å². The van der Waals surface area contributed by atoms with Crippen molar-refractivity contribution < 1.29 is 10.0 Å². The quantitative estimate of drug-likeness (QED) is 0.245. The summed E-state index contributed by atoms with van der Waals surface area (Å²) < 4.78 is 5.06. The number of nitrogens with zero attached hydrogens (tertiary/aromatic N) is 1. The topological polar surface area (TPSA) is 43.7 Å². The van der Waals surface area contributed by atoms with E-state index in [-0.39, 0.29) is 0 Å². The molecule has 5 aromatic carbocycles. The lowest BCUT2D eigenvalue weighted by Gasteiger charge is -2.26. The van der Waals surface area contributed by atoms with Gasteiger partial charge in [-0.05, 0) is 60.1 Å². The maximum absolute atomic E-state index is 9.61. The molecule has 0 fully saturated rings. The van der Waals surface area contributed by atoms with E-state index in [1.807, 2.05) is 23.5 Å². The van der Waals surface area contributed by atoms with E-state index in [2.05, 4.69) is 89.8 Å². The number of anilines is 3. The van der Waals surface area contributed by atoms with Crippen LogP contribution in [0.5, 0.6) is 0 Å². The van der Waals surface area contributed by atoms with Crippen molar-refractivity contribution >= 4 is 92.7 Å². The number of benzene rings is 5. The Labute approximate surface area is 216 Å². The Bertz CT molecular complexity index is 1890. The molecule has 6 heteroatoms. The molecule has 172 valence electrons. The van der Waals surface area contributed by atoms with E-state index >= 15 is 0 Å². The van der Waals surface area contributed by atoms with Gasteiger partial charge in [-0.3, -0.25) is 0 Å². The summed E-state index contributed by atoms with van der Waals surface area (Å²) in [6, 6.07) is 37.8. The lowest BCUT2D eigenvalue weighted by atomic mass is 9.80. The van der Waals surface area contributed by atoms with Crippen molar-refractivity contribution in [2.24, 2.45) is 0 Å². The predicted molar refractivity (Wildman–Crippen MR) is 157 cm³/mol. The normalized spacial score (nSPS) is 11.6. The molecule has 36 heavy (non-hydrogen) atoms. The van der Waals surface area contributed by atoms with Crippen LogP contribution in [0.4, 0.5) is 17.1 Å². The highest BCUT2D eigenvalue weighted by molar-refractivity contribution is 7.26. The van der Waals surface area contributed by atoms with Crippen LogP contribution < -0.4 is 10.4 Å². The van der Waals surface area contributed by atoms with Crippen LogP contribution >= 0.6 is 22.7 Å². The summed E-state index contributed by atoms with van der Waals surface area (Å²) in [6.45, 7) is 0. The number of hydrogen-bond acceptors (Lipinski definition) is 5. The zero-order valence-corrected chi connectivity index (χ0v) is 20.8. The molecule has 0 saturated heterocycles. The summed E-state index contributed by atoms with van der Waals surface area (Å²) >= 11 is 3.62. The maximum Gasteiger partial charge on any atom is 0.488 e. The van der Waals surface area contributed by atoms with Gasteiger partial charge in [-0.1, -0.05) is 54.6 Å². The van der Waals surface area contributed by atoms with Gasteiger partial charge in [0.05, 0.1) is 0 Å². The fraction of sp³-hybridized carbons (Fsp3) is 0. The van der Waals surface area contributed by atoms with Crippen molar-refractivity contribution in [3.05, 3.63) is 109 Å². The van der Waals surface area contributed by atoms with E-state index in [1.54, 1.807) is 23.5 Å². The molecule has 0 saturated carbocycles. The van der Waals surface area contributed by atoms with Crippen LogP contribution in [0.25, 0.3) is 40.3 Å². The standard InChI is InChI=1S/C30H20BNO2S2/c33-31(34)19-9-11-20(12-10-19)32(21-14-16-29-26(17-21)24-6-2-4-8-28(24)35-29)22-13-15-25-23-5-1-3-7-27(23)36-30(25)18-22/h1-18,33-34H. The molecule has 0 unspecified atom stereocenters. The summed E-state index contributed by atoms with van der Waals surface area (Å²) in [5.41, 5.74) is 3.55. The van der Waals surface area contributed by atoms with Crippen molar-refractivity contribution in [1.29, 1.82) is 0 Å². The third kappa shape index (κ3) is 3.50. The van der Waals surface area contributed by atoms with Gasteiger partial charge in [-0.2, -0.15) is 0 Å². The van der Waals surface area contributed by atoms with Crippen LogP contribution in [0, 0.1) is 0 Å². The van der Waals surface area contributed by atoms with E-state index in [4.69, 9.17) is 0 Å². The number of fused-ring (bicyclic) bond motifs is 6. The van der Waals surface area contributed by atoms with Crippen LogP contribution in [0.3, 0.4) is 0 Å². The second-order valence-electron chi connectivity index (χ2n) is 8.86. The Morgan fingerprint density at radius 3 is 1.72 bits per heavy atom. The van der Waals surface area contributed by atoms with E-state index in [0.29, 0.717) is 5.46 Å². The van der Waals surface area contributed by atoms with Crippen molar-refractivity contribution in [2.45, 2.75) is 0 Å². The van der Waals surface area contributed by atoms with Gasteiger partial charge in [0.2, 0.25) is 0 Å². The molecule has 7 rings (SSSR count). The Hall–Kier alpha value is -3.68. The number of rotatable bonds is 4. The van der Waals surface area contributed by atoms with Gasteiger partial charge >= 0.3 is 7.12 Å². The van der Waals surface area contributed by atoms with E-state index in [1.165, 1.54) is 40.3 Å². The number of thiophene rings is 2. The van der Waals surface area contributed by atoms with Crippen LogP contribution in [-0.2, 0) is 0 Å². The Morgan fingerprint density at radius 2 is 1.00 bits per heavy atom. The van der Waals surface area contributed by atoms with E-state index in [0.717, 1.165) is 17.1 Å². The first-order chi connectivity index (χ1) is 17.7. The minimum Gasteiger partial charge on any atom is -0.423 e. The predicted octanol–water partition coefficient (Wildman–Crippen LogP) is 7.57. The number of hydrogen-bond donors (Lipinski definition) is 2. The molecular formula is C30H20BNO2S2. The van der Waals surface area contributed by atoms with Gasteiger partial charge in [0.15, 0.2) is 0 Å². The second-order valence-corrected chi connectivity index (χ2v) is 11.0. The van der Waals surface area contributed by atoms with Crippen LogP contribution in [0.2, 0.25) is 0 Å². The van der Waals surface area contributed by atoms with Crippen LogP contribution in [-0.4, -0.2) is 17.2 Å². The van der Waals surface area contributed by atoms with Gasteiger partial charge in [0, 0.05) is 57.4 Å². The molecular weight excluding hydrogens is 481 g/mol. The molecule has 0 bridgehead atoms. The highest BCUT2D eigenvalue weighted by atomic mass is 32.1. The monoisotopic (exact) mass is 501 g/mol. The van der Waals surface area contributed by atoms with Gasteiger partial charge in [-0.15, -0.1) is 22.7 Å². The first-order valence-electron chi connectivity index (χ1n) is 11.7. The molecule has 0 aliphatic carbocycles. The average molecular weight is 501 g/mol. The van der Waals surface area contributed by atoms with Gasteiger partial charge in [-0.25, -0.2) is 0 Å². The lowest BCUT2D eigenvalue weighted by Crippen LogP contribution is -2.29. The molecule has 0 aliphatic heterocycles. The molecule has 0 aliphatic rings. The fourth-order valence-corrected chi connectivity index (χ4v) is 7.18. The molecule has 0 spiro atoms.